The lowest BCUT2D eigenvalue weighted by Crippen LogP contribution is -2.29. The first kappa shape index (κ1) is 13.8. The fraction of sp³-hybridized carbons (Fsp3) is 0.154. The molecular formula is C13H10ClN3O3S. The highest BCUT2D eigenvalue weighted by Gasteiger charge is 2.22. The number of carbonyl (C=O) groups is 1. The molecule has 3 aromatic rings. The summed E-state index contributed by atoms with van der Waals surface area (Å²) in [7, 11) is 0. The fourth-order valence-electron chi connectivity index (χ4n) is 1.81. The summed E-state index contributed by atoms with van der Waals surface area (Å²) in [5, 5.41) is 7.67. The number of hydrogen-bond donors (Lipinski definition) is 0. The van der Waals surface area contributed by atoms with Gasteiger partial charge in [0.05, 0.1) is 25.6 Å². The van der Waals surface area contributed by atoms with Gasteiger partial charge in [0.1, 0.15) is 11.5 Å². The zero-order valence-electron chi connectivity index (χ0n) is 10.7. The maximum Gasteiger partial charge on any atom is 0.285 e. The van der Waals surface area contributed by atoms with E-state index in [-0.39, 0.29) is 15.4 Å². The molecule has 0 aromatic carbocycles. The van der Waals surface area contributed by atoms with E-state index in [0.29, 0.717) is 24.6 Å². The van der Waals surface area contributed by atoms with Crippen LogP contribution in [-0.4, -0.2) is 21.0 Å². The molecule has 8 heteroatoms. The molecule has 0 aliphatic rings. The van der Waals surface area contributed by atoms with Crippen molar-refractivity contribution < 1.29 is 13.6 Å². The predicted molar refractivity (Wildman–Crippen MR) is 75.9 cm³/mol. The summed E-state index contributed by atoms with van der Waals surface area (Å²) in [4.78, 5) is 14.1. The third-order valence-electron chi connectivity index (χ3n) is 2.72. The number of aromatic nitrogens is 2. The van der Waals surface area contributed by atoms with Gasteiger partial charge in [-0.3, -0.25) is 4.79 Å². The molecule has 0 aliphatic carbocycles. The van der Waals surface area contributed by atoms with Crippen LogP contribution >= 0.6 is 22.9 Å². The number of carbonyl (C=O) groups excluding carboxylic acids is 1. The van der Waals surface area contributed by atoms with Gasteiger partial charge in [0.25, 0.3) is 5.91 Å². The summed E-state index contributed by atoms with van der Waals surface area (Å²) in [6, 6.07) is 7.14. The Bertz CT molecular complexity index is 673. The molecule has 0 atom stereocenters. The number of rotatable bonds is 5. The van der Waals surface area contributed by atoms with Gasteiger partial charge >= 0.3 is 0 Å². The average molecular weight is 324 g/mol. The van der Waals surface area contributed by atoms with Crippen molar-refractivity contribution in [1.82, 2.24) is 15.1 Å². The molecular weight excluding hydrogens is 314 g/mol. The number of amides is 1. The van der Waals surface area contributed by atoms with Gasteiger partial charge < -0.3 is 13.7 Å². The van der Waals surface area contributed by atoms with E-state index in [1.807, 2.05) is 0 Å². The summed E-state index contributed by atoms with van der Waals surface area (Å²) in [5.41, 5.74) is 0. The third-order valence-corrected chi connectivity index (χ3v) is 3.73. The molecule has 0 bridgehead atoms. The molecule has 0 fully saturated rings. The van der Waals surface area contributed by atoms with E-state index in [1.54, 1.807) is 41.7 Å². The van der Waals surface area contributed by atoms with Crippen LogP contribution in [0.25, 0.3) is 0 Å². The number of halogens is 1. The molecule has 108 valence electrons. The second-order valence-electron chi connectivity index (χ2n) is 4.18. The van der Waals surface area contributed by atoms with Crippen molar-refractivity contribution in [2.45, 2.75) is 13.1 Å². The monoisotopic (exact) mass is 323 g/mol. The second-order valence-corrected chi connectivity index (χ2v) is 5.74. The molecule has 3 rings (SSSR count). The highest BCUT2D eigenvalue weighted by atomic mass is 35.5. The third kappa shape index (κ3) is 3.32. The average Bonchev–Trinajstić information content (AvgIpc) is 3.19. The van der Waals surface area contributed by atoms with E-state index in [0.717, 1.165) is 11.3 Å². The van der Waals surface area contributed by atoms with Crippen molar-refractivity contribution in [1.29, 1.82) is 0 Å². The zero-order valence-corrected chi connectivity index (χ0v) is 12.3. The molecule has 0 spiro atoms. The van der Waals surface area contributed by atoms with Gasteiger partial charge in [-0.2, -0.15) is 0 Å². The smallest absolute Gasteiger partial charge is 0.285 e. The molecule has 21 heavy (non-hydrogen) atoms. The summed E-state index contributed by atoms with van der Waals surface area (Å²) < 4.78 is 10.8. The lowest BCUT2D eigenvalue weighted by atomic mass is 10.3. The maximum absolute atomic E-state index is 12.5. The Morgan fingerprint density at radius 1 is 1.14 bits per heavy atom. The van der Waals surface area contributed by atoms with Crippen molar-refractivity contribution in [2.75, 3.05) is 0 Å². The summed E-state index contributed by atoms with van der Waals surface area (Å²) in [6.45, 7) is 0.619. The Morgan fingerprint density at radius 3 is 2.19 bits per heavy atom. The van der Waals surface area contributed by atoms with E-state index in [4.69, 9.17) is 20.4 Å². The standard InChI is InChI=1S/C13H10ClN3O3S/c14-13-16-15-11(21-13)12(18)17(7-9-3-1-5-19-9)8-10-4-2-6-20-10/h1-6H,7-8H2. The Balaban J connectivity index is 1.82. The van der Waals surface area contributed by atoms with Gasteiger partial charge in [0.2, 0.25) is 9.47 Å². The largest absolute Gasteiger partial charge is 0.467 e. The minimum Gasteiger partial charge on any atom is -0.467 e. The van der Waals surface area contributed by atoms with Crippen LogP contribution in [0.5, 0.6) is 0 Å². The van der Waals surface area contributed by atoms with Crippen LogP contribution in [0, 0.1) is 0 Å². The molecule has 3 aromatic heterocycles. The SMILES string of the molecule is O=C(c1nnc(Cl)s1)N(Cc1ccco1)Cc1ccco1. The maximum atomic E-state index is 12.5. The van der Waals surface area contributed by atoms with Crippen molar-refractivity contribution in [3.8, 4) is 0 Å². The van der Waals surface area contributed by atoms with E-state index in [2.05, 4.69) is 10.2 Å². The molecule has 0 saturated carbocycles. The lowest BCUT2D eigenvalue weighted by molar-refractivity contribution is 0.0703. The van der Waals surface area contributed by atoms with Crippen molar-refractivity contribution in [3.63, 3.8) is 0 Å². The summed E-state index contributed by atoms with van der Waals surface area (Å²) >= 11 is 6.77. The quantitative estimate of drug-likeness (QED) is 0.721. The molecule has 0 saturated heterocycles. The van der Waals surface area contributed by atoms with E-state index in [1.165, 1.54) is 0 Å². The molecule has 1 amide bonds. The van der Waals surface area contributed by atoms with Crippen LogP contribution in [0.1, 0.15) is 21.3 Å². The Kier molecular flexibility index (Phi) is 4.03. The molecule has 0 aliphatic heterocycles. The van der Waals surface area contributed by atoms with Crippen molar-refractivity contribution in [2.24, 2.45) is 0 Å². The van der Waals surface area contributed by atoms with Crippen LogP contribution in [-0.2, 0) is 13.1 Å². The van der Waals surface area contributed by atoms with Gasteiger partial charge in [0, 0.05) is 0 Å². The van der Waals surface area contributed by atoms with Crippen LogP contribution in [0.4, 0.5) is 0 Å². The molecule has 0 unspecified atom stereocenters. The molecule has 3 heterocycles. The Hall–Kier alpha value is -2.12. The van der Waals surface area contributed by atoms with Crippen molar-refractivity contribution in [3.05, 3.63) is 57.8 Å². The first-order chi connectivity index (χ1) is 10.2. The fourth-order valence-corrected chi connectivity index (χ4v) is 2.60. The number of furan rings is 2. The number of nitrogens with zero attached hydrogens (tertiary/aromatic N) is 3. The highest BCUT2D eigenvalue weighted by molar-refractivity contribution is 7.17. The van der Waals surface area contributed by atoms with Gasteiger partial charge in [-0.25, -0.2) is 0 Å². The molecule has 0 radical (unpaired) electrons. The first-order valence-corrected chi connectivity index (χ1v) is 7.25. The van der Waals surface area contributed by atoms with Gasteiger partial charge in [-0.05, 0) is 35.9 Å². The predicted octanol–water partition coefficient (Wildman–Crippen LogP) is 3.22. The zero-order chi connectivity index (χ0) is 14.7. The van der Waals surface area contributed by atoms with Crippen LogP contribution in [0.2, 0.25) is 4.47 Å². The van der Waals surface area contributed by atoms with Crippen LogP contribution < -0.4 is 0 Å². The Labute approximate surface area is 129 Å². The number of hydrogen-bond acceptors (Lipinski definition) is 6. The van der Waals surface area contributed by atoms with E-state index < -0.39 is 0 Å². The van der Waals surface area contributed by atoms with Gasteiger partial charge in [0.15, 0.2) is 0 Å². The minimum atomic E-state index is -0.271. The van der Waals surface area contributed by atoms with Crippen LogP contribution in [0.15, 0.2) is 45.6 Å². The topological polar surface area (TPSA) is 72.4 Å². The Morgan fingerprint density at radius 2 is 1.76 bits per heavy atom. The summed E-state index contributed by atoms with van der Waals surface area (Å²) in [5.74, 6) is 1.07. The van der Waals surface area contributed by atoms with Gasteiger partial charge in [-0.1, -0.05) is 11.3 Å². The highest BCUT2D eigenvalue weighted by Crippen LogP contribution is 2.19. The molecule has 6 nitrogen and oxygen atoms in total. The van der Waals surface area contributed by atoms with E-state index >= 15 is 0 Å². The summed E-state index contributed by atoms with van der Waals surface area (Å²) in [6.07, 6.45) is 3.12. The van der Waals surface area contributed by atoms with Gasteiger partial charge in [-0.15, -0.1) is 10.2 Å². The minimum absolute atomic E-state index is 0.231. The van der Waals surface area contributed by atoms with Crippen molar-refractivity contribution >= 4 is 28.8 Å². The van der Waals surface area contributed by atoms with E-state index in [9.17, 15) is 4.79 Å². The first-order valence-electron chi connectivity index (χ1n) is 6.05. The lowest BCUT2D eigenvalue weighted by Gasteiger charge is -2.18. The van der Waals surface area contributed by atoms with Crippen LogP contribution in [0.3, 0.4) is 0 Å². The second kappa shape index (κ2) is 6.11. The molecule has 0 N–H and O–H groups in total. The normalized spacial score (nSPS) is 10.7.